The lowest BCUT2D eigenvalue weighted by atomic mass is 10.3. The molecule has 13 heteroatoms. The Morgan fingerprint density at radius 2 is 2.05 bits per heavy atom. The minimum atomic E-state index is -1.22. The molecule has 0 aliphatic carbocycles. The predicted molar refractivity (Wildman–Crippen MR) is 74.6 cm³/mol. The molecule has 22 heavy (non-hydrogen) atoms. The van der Waals surface area contributed by atoms with Crippen LogP contribution in [0.25, 0.3) is 5.82 Å². The van der Waals surface area contributed by atoms with Gasteiger partial charge in [-0.3, -0.25) is 35.9 Å². The van der Waals surface area contributed by atoms with Gasteiger partial charge < -0.3 is 5.73 Å². The van der Waals surface area contributed by atoms with Crippen LogP contribution in [0, 0.1) is 20.2 Å². The molecule has 2 heterocycles. The summed E-state index contributed by atoms with van der Waals surface area (Å²) in [7, 11) is 0. The third kappa shape index (κ3) is 3.14. The molecule has 1 aromatic heterocycles. The summed E-state index contributed by atoms with van der Waals surface area (Å²) < 4.78 is 1.07. The molecule has 0 atom stereocenters. The molecule has 0 amide bonds. The number of rotatable bonds is 6. The van der Waals surface area contributed by atoms with Crippen molar-refractivity contribution in [2.24, 2.45) is 10.7 Å². The van der Waals surface area contributed by atoms with Crippen molar-refractivity contribution < 1.29 is 9.85 Å². The predicted octanol–water partition coefficient (Wildman–Crippen LogP) is -0.975. The molecule has 0 saturated carbocycles. The monoisotopic (exact) mass is 311 g/mol. The first-order chi connectivity index (χ1) is 10.5. The van der Waals surface area contributed by atoms with Crippen LogP contribution in [0.5, 0.6) is 0 Å². The van der Waals surface area contributed by atoms with Gasteiger partial charge in [-0.1, -0.05) is 0 Å². The van der Waals surface area contributed by atoms with E-state index in [9.17, 15) is 20.2 Å². The summed E-state index contributed by atoms with van der Waals surface area (Å²) in [6, 6.07) is 0. The minimum absolute atomic E-state index is 0.0903. The molecular weight excluding hydrogens is 298 g/mol. The van der Waals surface area contributed by atoms with Crippen LogP contribution in [0.4, 0.5) is 5.95 Å². The number of aliphatic imine (C=N–C) groups is 1. The number of hydrogen-bond acceptors (Lipinski definition) is 8. The van der Waals surface area contributed by atoms with Crippen molar-refractivity contribution in [1.82, 2.24) is 20.1 Å². The van der Waals surface area contributed by atoms with Gasteiger partial charge in [-0.2, -0.15) is 0 Å². The van der Waals surface area contributed by atoms with Crippen LogP contribution >= 0.6 is 0 Å². The van der Waals surface area contributed by atoms with E-state index in [-0.39, 0.29) is 17.7 Å². The average Bonchev–Trinajstić information content (AvgIpc) is 2.91. The first kappa shape index (κ1) is 15.3. The Morgan fingerprint density at radius 1 is 1.32 bits per heavy atom. The second-order valence-corrected chi connectivity index (χ2v) is 4.19. The summed E-state index contributed by atoms with van der Waals surface area (Å²) in [5.41, 5.74) is 5.37. The molecule has 0 bridgehead atoms. The van der Waals surface area contributed by atoms with Crippen molar-refractivity contribution in [3.63, 3.8) is 0 Å². The Balaban J connectivity index is 2.36. The van der Waals surface area contributed by atoms with Gasteiger partial charge in [0.05, 0.1) is 0 Å². The summed E-state index contributed by atoms with van der Waals surface area (Å²) in [5.74, 6) is -1.40. The van der Waals surface area contributed by atoms with Gasteiger partial charge in [0, 0.05) is 6.54 Å². The number of nitrogens with zero attached hydrogens (tertiary/aromatic N) is 6. The molecule has 2 rings (SSSR count). The van der Waals surface area contributed by atoms with E-state index in [0.29, 0.717) is 19.5 Å². The highest BCUT2D eigenvalue weighted by atomic mass is 16.7. The molecular formula is C9H13N9O4. The van der Waals surface area contributed by atoms with Gasteiger partial charge in [-0.25, -0.2) is 4.57 Å². The smallest absolute Gasteiger partial charge is 0.330 e. The van der Waals surface area contributed by atoms with E-state index < -0.39 is 15.7 Å². The summed E-state index contributed by atoms with van der Waals surface area (Å²) in [6.45, 7) is 0.929. The number of nitrogens with two attached hydrogens (primary N) is 1. The number of guanidine groups is 1. The molecule has 0 radical (unpaired) electrons. The average molecular weight is 311 g/mol. The Bertz CT molecular complexity index is 633. The van der Waals surface area contributed by atoms with Crippen LogP contribution in [0.3, 0.4) is 0 Å². The zero-order chi connectivity index (χ0) is 16.1. The van der Waals surface area contributed by atoms with E-state index in [1.165, 1.54) is 0 Å². The van der Waals surface area contributed by atoms with Gasteiger partial charge in [0.2, 0.25) is 11.9 Å². The zero-order valence-corrected chi connectivity index (χ0v) is 11.3. The highest BCUT2D eigenvalue weighted by Crippen LogP contribution is 2.18. The number of nitro groups is 2. The van der Waals surface area contributed by atoms with Crippen molar-refractivity contribution in [1.29, 1.82) is 0 Å². The lowest BCUT2D eigenvalue weighted by Gasteiger charge is -2.19. The molecule has 1 aliphatic rings. The van der Waals surface area contributed by atoms with Crippen LogP contribution < -0.4 is 16.4 Å². The molecule has 1 aromatic rings. The van der Waals surface area contributed by atoms with Crippen molar-refractivity contribution >= 4 is 17.7 Å². The molecule has 0 unspecified atom stereocenters. The number of fused-ring (bicyclic) bond motifs is 1. The fourth-order valence-electron chi connectivity index (χ4n) is 1.72. The lowest BCUT2D eigenvalue weighted by Crippen LogP contribution is -2.40. The molecule has 13 nitrogen and oxygen atoms in total. The number of anilines is 1. The first-order valence-corrected chi connectivity index (χ1v) is 6.26. The highest BCUT2D eigenvalue weighted by Gasteiger charge is 2.38. The van der Waals surface area contributed by atoms with Crippen molar-refractivity contribution in [3.05, 3.63) is 32.4 Å². The fraction of sp³-hybridized carbons (Fsp3) is 0.444. The number of aromatic nitrogens is 3. The van der Waals surface area contributed by atoms with Crippen LogP contribution in [-0.2, 0) is 0 Å². The van der Waals surface area contributed by atoms with Crippen LogP contribution in [0.1, 0.15) is 12.8 Å². The summed E-state index contributed by atoms with van der Waals surface area (Å²) in [5, 5.41) is 34.3. The topological polar surface area (TPSA) is 179 Å². The molecule has 0 spiro atoms. The molecule has 0 aromatic carbocycles. The normalized spacial score (nSPS) is 15.0. The first-order valence-electron chi connectivity index (χ1n) is 6.26. The van der Waals surface area contributed by atoms with Crippen molar-refractivity contribution in [3.8, 4) is 0 Å². The second-order valence-electron chi connectivity index (χ2n) is 4.19. The van der Waals surface area contributed by atoms with Crippen LogP contribution in [0.15, 0.2) is 17.1 Å². The maximum absolute atomic E-state index is 10.9. The molecule has 0 saturated heterocycles. The Kier molecular flexibility index (Phi) is 4.57. The van der Waals surface area contributed by atoms with E-state index in [1.807, 2.05) is 0 Å². The molecule has 118 valence electrons. The van der Waals surface area contributed by atoms with Gasteiger partial charge in [-0.15, -0.1) is 10.2 Å². The lowest BCUT2D eigenvalue weighted by molar-refractivity contribution is -0.615. The van der Waals surface area contributed by atoms with Gasteiger partial charge in [-0.05, 0) is 19.4 Å². The van der Waals surface area contributed by atoms with Crippen molar-refractivity contribution in [2.45, 2.75) is 12.8 Å². The largest absolute Gasteiger partial charge is 0.600 e. The van der Waals surface area contributed by atoms with Crippen LogP contribution in [-0.4, -0.2) is 43.7 Å². The van der Waals surface area contributed by atoms with E-state index in [0.717, 1.165) is 17.3 Å². The minimum Gasteiger partial charge on any atom is -0.330 e. The van der Waals surface area contributed by atoms with E-state index >= 15 is 0 Å². The summed E-state index contributed by atoms with van der Waals surface area (Å²) in [4.78, 5) is 23.8. The summed E-state index contributed by atoms with van der Waals surface area (Å²) >= 11 is 0. The van der Waals surface area contributed by atoms with Gasteiger partial charge in [0.25, 0.3) is 5.82 Å². The highest BCUT2D eigenvalue weighted by molar-refractivity contribution is 5.99. The quantitative estimate of drug-likeness (QED) is 0.338. The molecule has 1 aliphatic heterocycles. The van der Waals surface area contributed by atoms with E-state index in [2.05, 4.69) is 25.8 Å². The van der Waals surface area contributed by atoms with E-state index in [4.69, 9.17) is 5.73 Å². The third-order valence-corrected chi connectivity index (χ3v) is 2.70. The fourth-order valence-corrected chi connectivity index (χ4v) is 1.72. The van der Waals surface area contributed by atoms with Gasteiger partial charge in [0.15, 0.2) is 0 Å². The summed E-state index contributed by atoms with van der Waals surface area (Å²) in [6.07, 6.45) is 2.60. The molecule has 4 N–H and O–H groups in total. The zero-order valence-electron chi connectivity index (χ0n) is 11.3. The number of unbranched alkanes of at least 4 members (excludes halogenated alkanes) is 1. The Hall–Kier alpha value is -3.09. The van der Waals surface area contributed by atoms with Crippen LogP contribution in [0.2, 0.25) is 0 Å². The third-order valence-electron chi connectivity index (χ3n) is 2.70. The van der Waals surface area contributed by atoms with Crippen molar-refractivity contribution in [2.75, 3.05) is 18.4 Å². The van der Waals surface area contributed by atoms with E-state index in [1.54, 1.807) is 0 Å². The van der Waals surface area contributed by atoms with Gasteiger partial charge >= 0.3 is 5.82 Å². The number of hydrogen-bond donors (Lipinski definition) is 3. The SMILES string of the molecule is NCCCCN=C1NC(=C([N+](=O)[O-])[N+](=O)[O-])n2cnnc2N1. The Morgan fingerprint density at radius 3 is 2.68 bits per heavy atom. The maximum atomic E-state index is 10.9. The number of nitrogens with one attached hydrogen (secondary N) is 2. The standard InChI is InChI=1S/C9H13N9O4/c10-3-1-2-4-11-8-13-6(7(17(19)20)18(21)22)16-5-12-15-9(16)14-8/h5H,1-4,10H2,(H2,11,13,14,15). The second kappa shape index (κ2) is 6.57. The van der Waals surface area contributed by atoms with Gasteiger partial charge in [0.1, 0.15) is 16.2 Å². The Labute approximate surface area is 123 Å². The molecule has 0 fully saturated rings. The maximum Gasteiger partial charge on any atom is 0.600 e.